The van der Waals surface area contributed by atoms with Gasteiger partial charge in [-0.25, -0.2) is 13.6 Å². The molecule has 1 aliphatic heterocycles. The second-order valence-electron chi connectivity index (χ2n) is 3.22. The number of aliphatic hydroxyl groups is 1. The van der Waals surface area contributed by atoms with Gasteiger partial charge in [-0.1, -0.05) is 0 Å². The fourth-order valence-corrected chi connectivity index (χ4v) is 4.26. The van der Waals surface area contributed by atoms with Crippen LogP contribution in [0.25, 0.3) is 6.08 Å². The highest BCUT2D eigenvalue weighted by Gasteiger charge is 2.21. The van der Waals surface area contributed by atoms with E-state index in [9.17, 15) is 8.42 Å². The van der Waals surface area contributed by atoms with E-state index in [-0.39, 0.29) is 10.8 Å². The largest absolute Gasteiger partial charge is 0.390 e. The van der Waals surface area contributed by atoms with E-state index < -0.39 is 10.0 Å². The summed E-state index contributed by atoms with van der Waals surface area (Å²) in [5, 5.41) is 14.2. The van der Waals surface area contributed by atoms with Gasteiger partial charge in [0, 0.05) is 16.8 Å². The lowest BCUT2D eigenvalue weighted by Crippen LogP contribution is -2.14. The van der Waals surface area contributed by atoms with Gasteiger partial charge in [-0.2, -0.15) is 0 Å². The third-order valence-electron chi connectivity index (χ3n) is 2.08. The molecule has 8 heteroatoms. The molecule has 1 aromatic rings. The normalized spacial score (nSPS) is 15.9. The Balaban J connectivity index is 2.49. The van der Waals surface area contributed by atoms with Crippen LogP contribution in [0.1, 0.15) is 4.88 Å². The molecule has 3 N–H and O–H groups in total. The molecule has 0 atom stereocenters. The number of nitrogens with two attached hydrogens (primary N) is 1. The van der Waals surface area contributed by atoms with Crippen molar-refractivity contribution in [3.63, 3.8) is 0 Å². The van der Waals surface area contributed by atoms with Crippen molar-refractivity contribution in [2.75, 3.05) is 13.7 Å². The SMILES string of the molecule is CN1Sc2cc(S(N)(=O)=O)sc2C=C1CO. The van der Waals surface area contributed by atoms with E-state index >= 15 is 0 Å². The summed E-state index contributed by atoms with van der Waals surface area (Å²) >= 11 is 2.49. The van der Waals surface area contributed by atoms with Crippen molar-refractivity contribution in [2.45, 2.75) is 9.10 Å². The van der Waals surface area contributed by atoms with Crippen LogP contribution in [0, 0.1) is 0 Å². The molecule has 0 spiro atoms. The molecule has 0 aromatic carbocycles. The maximum Gasteiger partial charge on any atom is 0.247 e. The van der Waals surface area contributed by atoms with Crippen LogP contribution in [0.15, 0.2) is 20.9 Å². The third kappa shape index (κ3) is 2.11. The lowest BCUT2D eigenvalue weighted by Gasteiger charge is -2.23. The van der Waals surface area contributed by atoms with Crippen LogP contribution in [0.3, 0.4) is 0 Å². The maximum atomic E-state index is 11.2. The first kappa shape index (κ1) is 11.9. The summed E-state index contributed by atoms with van der Waals surface area (Å²) in [7, 11) is -1.83. The molecule has 0 bridgehead atoms. The van der Waals surface area contributed by atoms with Crippen LogP contribution in [-0.4, -0.2) is 31.5 Å². The van der Waals surface area contributed by atoms with Gasteiger partial charge in [-0.3, -0.25) is 0 Å². The average Bonchev–Trinajstić information content (AvgIpc) is 2.58. The minimum Gasteiger partial charge on any atom is -0.390 e. The number of likely N-dealkylation sites (N-methyl/N-ethyl adjacent to an activating group) is 1. The molecule has 0 saturated carbocycles. The Kier molecular flexibility index (Phi) is 3.01. The quantitative estimate of drug-likeness (QED) is 0.777. The average molecular weight is 278 g/mol. The van der Waals surface area contributed by atoms with Gasteiger partial charge in [0.05, 0.1) is 12.3 Å². The van der Waals surface area contributed by atoms with E-state index in [2.05, 4.69) is 0 Å². The van der Waals surface area contributed by atoms with Crippen LogP contribution < -0.4 is 5.14 Å². The Morgan fingerprint density at radius 2 is 2.25 bits per heavy atom. The summed E-state index contributed by atoms with van der Waals surface area (Å²) in [6.07, 6.45) is 1.77. The van der Waals surface area contributed by atoms with Crippen molar-refractivity contribution in [1.29, 1.82) is 0 Å². The first-order valence-electron chi connectivity index (χ1n) is 4.31. The molecule has 0 radical (unpaired) electrons. The Hall–Kier alpha value is -0.540. The summed E-state index contributed by atoms with van der Waals surface area (Å²) in [5.41, 5.74) is 0.736. The van der Waals surface area contributed by atoms with Crippen molar-refractivity contribution < 1.29 is 13.5 Å². The van der Waals surface area contributed by atoms with E-state index in [1.165, 1.54) is 11.9 Å². The summed E-state index contributed by atoms with van der Waals surface area (Å²) < 4.78 is 24.3. The van der Waals surface area contributed by atoms with Crippen molar-refractivity contribution in [2.24, 2.45) is 5.14 Å². The molecule has 0 amide bonds. The van der Waals surface area contributed by atoms with Gasteiger partial charge in [0.2, 0.25) is 10.0 Å². The zero-order valence-electron chi connectivity index (χ0n) is 8.37. The van der Waals surface area contributed by atoms with Crippen LogP contribution in [0.4, 0.5) is 0 Å². The van der Waals surface area contributed by atoms with Crippen LogP contribution in [0.5, 0.6) is 0 Å². The minimum absolute atomic E-state index is 0.0778. The van der Waals surface area contributed by atoms with Crippen molar-refractivity contribution in [3.8, 4) is 0 Å². The Morgan fingerprint density at radius 1 is 1.56 bits per heavy atom. The number of thiophene rings is 1. The number of hydrogen-bond donors (Lipinski definition) is 2. The molecule has 0 unspecified atom stereocenters. The predicted molar refractivity (Wildman–Crippen MR) is 64.4 cm³/mol. The topological polar surface area (TPSA) is 83.6 Å². The lowest BCUT2D eigenvalue weighted by molar-refractivity contribution is 0.311. The lowest BCUT2D eigenvalue weighted by atomic mass is 10.3. The standard InChI is InChI=1S/C8H10N2O3S3/c1-10-5(4-11)2-6-7(15-10)3-8(14-6)16(9,12)13/h2-3,11H,4H2,1H3,(H2,9,12,13). The zero-order valence-corrected chi connectivity index (χ0v) is 10.8. The number of aliphatic hydroxyl groups excluding tert-OH is 1. The summed E-state index contributed by atoms with van der Waals surface area (Å²) in [6, 6.07) is 1.56. The van der Waals surface area contributed by atoms with Crippen LogP contribution in [0.2, 0.25) is 0 Å². The number of sulfonamides is 1. The molecule has 2 heterocycles. The van der Waals surface area contributed by atoms with E-state index in [1.807, 2.05) is 7.05 Å². The molecule has 16 heavy (non-hydrogen) atoms. The third-order valence-corrected chi connectivity index (χ3v) is 5.76. The van der Waals surface area contributed by atoms with Gasteiger partial charge in [0.1, 0.15) is 4.21 Å². The van der Waals surface area contributed by atoms with E-state index in [0.717, 1.165) is 26.8 Å². The van der Waals surface area contributed by atoms with Gasteiger partial charge in [-0.15, -0.1) is 11.3 Å². The minimum atomic E-state index is -3.64. The molecule has 2 rings (SSSR count). The molecular weight excluding hydrogens is 268 g/mol. The van der Waals surface area contributed by atoms with E-state index in [0.29, 0.717) is 0 Å². The fraction of sp³-hybridized carbons (Fsp3) is 0.250. The molecular formula is C8H10N2O3S3. The Morgan fingerprint density at radius 3 is 2.81 bits per heavy atom. The smallest absolute Gasteiger partial charge is 0.247 e. The summed E-state index contributed by atoms with van der Waals surface area (Å²) in [5.74, 6) is 0. The predicted octanol–water partition coefficient (Wildman–Crippen LogP) is 0.681. The molecule has 0 aliphatic carbocycles. The first-order valence-corrected chi connectivity index (χ1v) is 7.45. The van der Waals surface area contributed by atoms with Gasteiger partial charge in [-0.05, 0) is 24.1 Å². The van der Waals surface area contributed by atoms with E-state index in [1.54, 1.807) is 16.4 Å². The Bertz CT molecular complexity index is 547. The number of nitrogens with zero attached hydrogens (tertiary/aromatic N) is 1. The van der Waals surface area contributed by atoms with E-state index in [4.69, 9.17) is 10.2 Å². The van der Waals surface area contributed by atoms with Gasteiger partial charge < -0.3 is 9.41 Å². The highest BCUT2D eigenvalue weighted by atomic mass is 32.2. The number of rotatable bonds is 2. The molecule has 0 fully saturated rings. The van der Waals surface area contributed by atoms with Crippen molar-refractivity contribution in [1.82, 2.24) is 4.31 Å². The summed E-state index contributed by atoms with van der Waals surface area (Å²) in [4.78, 5) is 1.66. The highest BCUT2D eigenvalue weighted by molar-refractivity contribution is 7.97. The fourth-order valence-electron chi connectivity index (χ4n) is 1.27. The van der Waals surface area contributed by atoms with Gasteiger partial charge in [0.15, 0.2) is 0 Å². The number of hydrogen-bond acceptors (Lipinski definition) is 6. The zero-order chi connectivity index (χ0) is 11.9. The molecule has 1 aliphatic rings. The second kappa shape index (κ2) is 4.04. The van der Waals surface area contributed by atoms with Crippen LogP contribution >= 0.6 is 23.3 Å². The monoisotopic (exact) mass is 278 g/mol. The van der Waals surface area contributed by atoms with Crippen molar-refractivity contribution >= 4 is 39.4 Å². The first-order chi connectivity index (χ1) is 7.41. The molecule has 1 aromatic heterocycles. The van der Waals surface area contributed by atoms with Gasteiger partial charge >= 0.3 is 0 Å². The van der Waals surface area contributed by atoms with Gasteiger partial charge in [0.25, 0.3) is 0 Å². The second-order valence-corrected chi connectivity index (χ2v) is 7.26. The number of primary sulfonamides is 1. The number of fused-ring (bicyclic) bond motifs is 1. The van der Waals surface area contributed by atoms with Crippen LogP contribution in [-0.2, 0) is 10.0 Å². The van der Waals surface area contributed by atoms with Crippen molar-refractivity contribution in [3.05, 3.63) is 16.6 Å². The molecule has 88 valence electrons. The highest BCUT2D eigenvalue weighted by Crippen LogP contribution is 2.40. The molecule has 0 saturated heterocycles. The Labute approximate surface area is 102 Å². The maximum absolute atomic E-state index is 11.2. The summed E-state index contributed by atoms with van der Waals surface area (Å²) in [6.45, 7) is -0.0778. The molecule has 5 nitrogen and oxygen atoms in total.